The van der Waals surface area contributed by atoms with Crippen molar-refractivity contribution in [2.75, 3.05) is 12.0 Å². The zero-order valence-corrected chi connectivity index (χ0v) is 17.2. The molecule has 1 aliphatic heterocycles. The number of phenolic OH excluding ortho intramolecular Hbond substituents is 1. The van der Waals surface area contributed by atoms with Crippen molar-refractivity contribution in [2.45, 2.75) is 19.5 Å². The van der Waals surface area contributed by atoms with Crippen molar-refractivity contribution in [1.82, 2.24) is 14.9 Å². The van der Waals surface area contributed by atoms with E-state index in [1.807, 2.05) is 18.2 Å². The number of fused-ring (bicyclic) bond motifs is 1. The molecule has 0 unspecified atom stereocenters. The monoisotopic (exact) mass is 453 g/mol. The lowest BCUT2D eigenvalue weighted by Gasteiger charge is -2.27. The summed E-state index contributed by atoms with van der Waals surface area (Å²) in [4.78, 5) is 22.1. The third kappa shape index (κ3) is 4.72. The van der Waals surface area contributed by atoms with E-state index in [2.05, 4.69) is 53.5 Å². The first-order valence-corrected chi connectivity index (χ1v) is 10.0. The van der Waals surface area contributed by atoms with Gasteiger partial charge in [0.15, 0.2) is 0 Å². The predicted molar refractivity (Wildman–Crippen MR) is 116 cm³/mol. The van der Waals surface area contributed by atoms with Crippen LogP contribution in [0.1, 0.15) is 22.4 Å². The van der Waals surface area contributed by atoms with E-state index in [1.54, 1.807) is 24.4 Å². The molecule has 3 N–H and O–H groups in total. The molecule has 148 valence electrons. The zero-order chi connectivity index (χ0) is 20.2. The molecule has 3 aromatic rings. The third-order valence-electron chi connectivity index (χ3n) is 4.75. The first-order valence-electron chi connectivity index (χ1n) is 9.24. The van der Waals surface area contributed by atoms with Gasteiger partial charge >= 0.3 is 0 Å². The van der Waals surface area contributed by atoms with E-state index in [0.29, 0.717) is 22.5 Å². The highest BCUT2D eigenvalue weighted by Gasteiger charge is 2.21. The molecule has 1 aromatic heterocycles. The number of hydrogen-bond acceptors (Lipinski definition) is 6. The molecule has 29 heavy (non-hydrogen) atoms. The van der Waals surface area contributed by atoms with Crippen LogP contribution in [0.4, 0.5) is 5.95 Å². The average molecular weight is 454 g/mol. The molecule has 0 atom stereocenters. The Kier molecular flexibility index (Phi) is 5.73. The number of aromatic amines is 1. The maximum atomic E-state index is 12.5. The number of H-pyrrole nitrogens is 1. The highest BCUT2D eigenvalue weighted by atomic mass is 79.9. The molecule has 0 aliphatic carbocycles. The van der Waals surface area contributed by atoms with E-state index < -0.39 is 0 Å². The fraction of sp³-hybridized carbons (Fsp3) is 0.190. The van der Waals surface area contributed by atoms with Crippen LogP contribution in [-0.4, -0.2) is 32.7 Å². The fourth-order valence-electron chi connectivity index (χ4n) is 3.28. The van der Waals surface area contributed by atoms with Crippen LogP contribution < -0.4 is 11.0 Å². The molecule has 2 aromatic carbocycles. The van der Waals surface area contributed by atoms with Crippen LogP contribution in [-0.2, 0) is 19.5 Å². The van der Waals surface area contributed by atoms with Crippen molar-refractivity contribution in [2.24, 2.45) is 5.10 Å². The quantitative estimate of drug-likeness (QED) is 0.407. The topological polar surface area (TPSA) is 93.6 Å². The summed E-state index contributed by atoms with van der Waals surface area (Å²) >= 11 is 3.26. The number of benzene rings is 2. The second kappa shape index (κ2) is 8.59. The van der Waals surface area contributed by atoms with E-state index in [-0.39, 0.29) is 11.3 Å². The molecule has 0 radical (unpaired) electrons. The molecular formula is C21H20BrN5O2. The molecule has 0 fully saturated rings. The van der Waals surface area contributed by atoms with Gasteiger partial charge in [-0.2, -0.15) is 5.10 Å². The van der Waals surface area contributed by atoms with Gasteiger partial charge in [0, 0.05) is 26.1 Å². The first-order chi connectivity index (χ1) is 14.1. The van der Waals surface area contributed by atoms with Crippen LogP contribution in [0, 0.1) is 0 Å². The minimum Gasteiger partial charge on any atom is -0.507 e. The van der Waals surface area contributed by atoms with E-state index in [1.165, 1.54) is 5.56 Å². The Morgan fingerprint density at radius 3 is 2.90 bits per heavy atom. The second-order valence-corrected chi connectivity index (χ2v) is 7.72. The van der Waals surface area contributed by atoms with Crippen LogP contribution >= 0.6 is 15.9 Å². The molecular weight excluding hydrogens is 434 g/mol. The molecule has 8 heteroatoms. The summed E-state index contributed by atoms with van der Waals surface area (Å²) in [6.45, 7) is 2.24. The molecule has 0 saturated heterocycles. The molecule has 4 rings (SSSR count). The Morgan fingerprint density at radius 1 is 1.28 bits per heavy atom. The van der Waals surface area contributed by atoms with Gasteiger partial charge in [-0.05, 0) is 45.3 Å². The number of phenols is 1. The van der Waals surface area contributed by atoms with Crippen molar-refractivity contribution >= 4 is 28.1 Å². The lowest BCUT2D eigenvalue weighted by molar-refractivity contribution is 0.242. The Labute approximate surface area is 176 Å². The summed E-state index contributed by atoms with van der Waals surface area (Å²) in [6.07, 6.45) is 2.31. The smallest absolute Gasteiger partial charge is 0.257 e. The van der Waals surface area contributed by atoms with Gasteiger partial charge < -0.3 is 5.11 Å². The predicted octanol–water partition coefficient (Wildman–Crippen LogP) is 3.24. The average Bonchev–Trinajstić information content (AvgIpc) is 2.72. The van der Waals surface area contributed by atoms with Crippen molar-refractivity contribution < 1.29 is 5.11 Å². The second-order valence-electron chi connectivity index (χ2n) is 6.87. The van der Waals surface area contributed by atoms with E-state index in [0.717, 1.165) is 30.8 Å². The molecule has 0 spiro atoms. The molecule has 2 heterocycles. The van der Waals surface area contributed by atoms with Gasteiger partial charge in [0.1, 0.15) is 5.75 Å². The summed E-state index contributed by atoms with van der Waals surface area (Å²) in [7, 11) is 0. The highest BCUT2D eigenvalue weighted by molar-refractivity contribution is 9.10. The minimum absolute atomic E-state index is 0.141. The van der Waals surface area contributed by atoms with Crippen LogP contribution in [0.3, 0.4) is 0 Å². The summed E-state index contributed by atoms with van der Waals surface area (Å²) in [6, 6.07) is 15.3. The van der Waals surface area contributed by atoms with Gasteiger partial charge in [-0.15, -0.1) is 0 Å². The molecule has 7 nitrogen and oxygen atoms in total. The zero-order valence-electron chi connectivity index (χ0n) is 15.6. The lowest BCUT2D eigenvalue weighted by atomic mass is 10.1. The van der Waals surface area contributed by atoms with Gasteiger partial charge in [0.2, 0.25) is 5.95 Å². The number of hydrazone groups is 1. The largest absolute Gasteiger partial charge is 0.507 e. The number of aromatic hydroxyl groups is 1. The van der Waals surface area contributed by atoms with E-state index >= 15 is 0 Å². The number of nitrogens with zero attached hydrogens (tertiary/aromatic N) is 3. The van der Waals surface area contributed by atoms with E-state index in [9.17, 15) is 9.90 Å². The number of nitrogens with one attached hydrogen (secondary N) is 2. The normalized spacial score (nSPS) is 14.1. The number of anilines is 1. The Balaban J connectivity index is 1.44. The molecule has 0 bridgehead atoms. The number of rotatable bonds is 5. The number of aromatic nitrogens is 2. The van der Waals surface area contributed by atoms with Crippen molar-refractivity contribution in [3.8, 4) is 5.75 Å². The number of halogens is 1. The fourth-order valence-corrected chi connectivity index (χ4v) is 3.68. The van der Waals surface area contributed by atoms with Gasteiger partial charge in [-0.25, -0.2) is 10.4 Å². The van der Waals surface area contributed by atoms with Gasteiger partial charge in [-0.3, -0.25) is 14.7 Å². The first kappa shape index (κ1) is 19.4. The Hall–Kier alpha value is -2.97. The van der Waals surface area contributed by atoms with Crippen LogP contribution in [0.15, 0.2) is 62.9 Å². The number of hydrogen-bond donors (Lipinski definition) is 3. The lowest BCUT2D eigenvalue weighted by Crippen LogP contribution is -2.35. The molecule has 0 amide bonds. The molecule has 1 aliphatic rings. The summed E-state index contributed by atoms with van der Waals surface area (Å²) in [5.41, 5.74) is 6.18. The summed E-state index contributed by atoms with van der Waals surface area (Å²) in [5.74, 6) is 0.483. The van der Waals surface area contributed by atoms with E-state index in [4.69, 9.17) is 0 Å². The summed E-state index contributed by atoms with van der Waals surface area (Å²) < 4.78 is 0.585. The van der Waals surface area contributed by atoms with Gasteiger partial charge in [0.25, 0.3) is 5.56 Å². The van der Waals surface area contributed by atoms with Gasteiger partial charge in [-0.1, -0.05) is 30.3 Å². The Bertz CT molecular complexity index is 1100. The maximum absolute atomic E-state index is 12.5. The summed E-state index contributed by atoms with van der Waals surface area (Å²) in [5, 5.41) is 13.7. The third-order valence-corrected chi connectivity index (χ3v) is 5.39. The van der Waals surface area contributed by atoms with Crippen LogP contribution in [0.2, 0.25) is 0 Å². The van der Waals surface area contributed by atoms with Crippen molar-refractivity contribution in [3.63, 3.8) is 0 Å². The van der Waals surface area contributed by atoms with Crippen molar-refractivity contribution in [3.05, 3.63) is 85.7 Å². The standard InChI is InChI=1S/C21H20BrN5O2/c22-17-10-15(6-7-19(17)28)11-23-26-21-24-18-8-9-27(13-16(18)20(29)25-21)12-14-4-2-1-3-5-14/h1-7,10-11,28H,8-9,12-13H2,(H2,24,25,26,29)/b23-11-. The van der Waals surface area contributed by atoms with Gasteiger partial charge in [0.05, 0.1) is 21.9 Å². The maximum Gasteiger partial charge on any atom is 0.257 e. The highest BCUT2D eigenvalue weighted by Crippen LogP contribution is 2.23. The van der Waals surface area contributed by atoms with Crippen molar-refractivity contribution in [1.29, 1.82) is 0 Å². The van der Waals surface area contributed by atoms with Crippen LogP contribution in [0.5, 0.6) is 5.75 Å². The minimum atomic E-state index is -0.141. The molecule has 0 saturated carbocycles. The van der Waals surface area contributed by atoms with Crippen LogP contribution in [0.25, 0.3) is 0 Å². The Morgan fingerprint density at radius 2 is 2.10 bits per heavy atom. The SMILES string of the molecule is O=c1[nH]c(N/N=C\c2ccc(O)c(Br)c2)nc2c1CN(Cc1ccccc1)CC2.